The Kier molecular flexibility index (Phi) is 6.61. The molecule has 36 heavy (non-hydrogen) atoms. The van der Waals surface area contributed by atoms with E-state index in [0.29, 0.717) is 25.6 Å². The number of anilines is 2. The van der Waals surface area contributed by atoms with Gasteiger partial charge in [-0.2, -0.15) is 14.3 Å². The molecule has 0 saturated carbocycles. The fourth-order valence-electron chi connectivity index (χ4n) is 5.53. The van der Waals surface area contributed by atoms with Crippen LogP contribution in [0.25, 0.3) is 10.8 Å². The molecule has 0 bridgehead atoms. The van der Waals surface area contributed by atoms with Gasteiger partial charge in [0.05, 0.1) is 12.8 Å². The Morgan fingerprint density at radius 3 is 2.50 bits per heavy atom. The number of aryl methyl sites for hydroxylation is 1. The van der Waals surface area contributed by atoms with E-state index in [9.17, 15) is 8.42 Å². The predicted molar refractivity (Wildman–Crippen MR) is 144 cm³/mol. The van der Waals surface area contributed by atoms with Crippen molar-refractivity contribution >= 4 is 32.3 Å². The lowest BCUT2D eigenvalue weighted by molar-refractivity contribution is 0.308. The van der Waals surface area contributed by atoms with Crippen molar-refractivity contribution in [2.75, 3.05) is 49.6 Å². The third-order valence-electron chi connectivity index (χ3n) is 7.32. The van der Waals surface area contributed by atoms with Crippen molar-refractivity contribution < 1.29 is 13.2 Å². The highest BCUT2D eigenvalue weighted by Crippen LogP contribution is 2.34. The fourth-order valence-corrected chi connectivity index (χ4v) is 6.62. The van der Waals surface area contributed by atoms with E-state index >= 15 is 0 Å². The zero-order chi connectivity index (χ0) is 25.4. The Bertz CT molecular complexity index is 1400. The zero-order valence-electron chi connectivity index (χ0n) is 21.1. The Morgan fingerprint density at radius 2 is 1.78 bits per heavy atom. The van der Waals surface area contributed by atoms with Gasteiger partial charge in [-0.05, 0) is 37.3 Å². The van der Waals surface area contributed by atoms with Crippen molar-refractivity contribution in [3.05, 3.63) is 65.2 Å². The summed E-state index contributed by atoms with van der Waals surface area (Å²) >= 11 is 0. The van der Waals surface area contributed by atoms with E-state index in [2.05, 4.69) is 59.7 Å². The highest BCUT2D eigenvalue weighted by molar-refractivity contribution is 7.92. The lowest BCUT2D eigenvalue weighted by atomic mass is 10.0. The normalized spacial score (nSPS) is 19.1. The summed E-state index contributed by atoms with van der Waals surface area (Å²) in [5, 5.41) is 3.57. The van der Waals surface area contributed by atoms with E-state index in [4.69, 9.17) is 14.7 Å². The van der Waals surface area contributed by atoms with Crippen LogP contribution in [0.2, 0.25) is 0 Å². The van der Waals surface area contributed by atoms with Crippen molar-refractivity contribution in [2.24, 2.45) is 0 Å². The van der Waals surface area contributed by atoms with Gasteiger partial charge in [0.15, 0.2) is 0 Å². The highest BCUT2D eigenvalue weighted by Gasteiger charge is 2.33. The lowest BCUT2D eigenvalue weighted by Gasteiger charge is -2.39. The minimum absolute atomic E-state index is 0.195. The van der Waals surface area contributed by atoms with Crippen molar-refractivity contribution in [3.8, 4) is 6.01 Å². The maximum Gasteiger partial charge on any atom is 0.318 e. The molecule has 3 aromatic rings. The Hall–Kier alpha value is -3.17. The molecule has 1 aromatic heterocycles. The number of aromatic nitrogens is 2. The molecular weight excluding hydrogens is 474 g/mol. The van der Waals surface area contributed by atoms with Crippen LogP contribution in [0.3, 0.4) is 0 Å². The van der Waals surface area contributed by atoms with E-state index in [1.807, 2.05) is 6.92 Å². The second kappa shape index (κ2) is 9.71. The third kappa shape index (κ3) is 4.41. The summed E-state index contributed by atoms with van der Waals surface area (Å²) in [4.78, 5) is 14.1. The van der Waals surface area contributed by atoms with Crippen LogP contribution >= 0.6 is 0 Å². The molecule has 190 valence electrons. The molecule has 0 spiro atoms. The summed E-state index contributed by atoms with van der Waals surface area (Å²) in [7, 11) is -1.88. The second-order valence-corrected chi connectivity index (χ2v) is 11.3. The monoisotopic (exact) mass is 507 g/mol. The first-order valence-electron chi connectivity index (χ1n) is 12.4. The Labute approximate surface area is 213 Å². The number of methoxy groups -OCH3 is 1. The summed E-state index contributed by atoms with van der Waals surface area (Å²) in [6.07, 6.45) is 1.58. The summed E-state index contributed by atoms with van der Waals surface area (Å²) < 4.78 is 31.8. The third-order valence-corrected chi connectivity index (χ3v) is 8.94. The average molecular weight is 508 g/mol. The maximum atomic E-state index is 12.4. The zero-order valence-corrected chi connectivity index (χ0v) is 22.0. The first kappa shape index (κ1) is 24.5. The summed E-state index contributed by atoms with van der Waals surface area (Å²) in [5.74, 6) is 0.857. The standard InChI is InChI=1S/C27H33N5O3S/c1-5-36(33,34)32-17-16-31(18-20(32)3)26-22-12-14-30(15-13-23(22)28-27(29-26)35-4)24-11-7-10-21-9-6-8-19(2)25(21)24/h5-11,20H,1,12-18H2,2-4H3/t20-/m0/s1. The van der Waals surface area contributed by atoms with Crippen LogP contribution < -0.4 is 14.5 Å². The smallest absolute Gasteiger partial charge is 0.318 e. The largest absolute Gasteiger partial charge is 0.467 e. The minimum Gasteiger partial charge on any atom is -0.467 e. The summed E-state index contributed by atoms with van der Waals surface area (Å²) in [6.45, 7) is 10.8. The topological polar surface area (TPSA) is 78.9 Å². The predicted octanol–water partition coefficient (Wildman–Crippen LogP) is 3.54. The van der Waals surface area contributed by atoms with Crippen molar-refractivity contribution in [1.82, 2.24) is 14.3 Å². The van der Waals surface area contributed by atoms with Crippen LogP contribution in [0.15, 0.2) is 48.4 Å². The molecule has 0 N–H and O–H groups in total. The van der Waals surface area contributed by atoms with Crippen LogP contribution in [0.1, 0.15) is 23.7 Å². The van der Waals surface area contributed by atoms with Gasteiger partial charge in [0, 0.05) is 67.2 Å². The van der Waals surface area contributed by atoms with Crippen LogP contribution in [0, 0.1) is 6.92 Å². The van der Waals surface area contributed by atoms with Crippen LogP contribution in [0.4, 0.5) is 11.5 Å². The molecule has 2 aliphatic rings. The van der Waals surface area contributed by atoms with E-state index in [0.717, 1.165) is 48.4 Å². The molecule has 1 saturated heterocycles. The summed E-state index contributed by atoms with van der Waals surface area (Å²) in [5.41, 5.74) is 4.65. The molecule has 0 amide bonds. The van der Waals surface area contributed by atoms with Crippen molar-refractivity contribution in [1.29, 1.82) is 0 Å². The molecule has 1 atom stereocenters. The average Bonchev–Trinajstić information content (AvgIpc) is 3.10. The SMILES string of the molecule is C=CS(=O)(=O)N1CCN(c2nc(OC)nc3c2CCN(c2cccc4cccc(C)c24)CC3)C[C@@H]1C. The number of hydrogen-bond donors (Lipinski definition) is 0. The van der Waals surface area contributed by atoms with Gasteiger partial charge in [0.25, 0.3) is 0 Å². The van der Waals surface area contributed by atoms with Gasteiger partial charge in [-0.1, -0.05) is 36.9 Å². The van der Waals surface area contributed by atoms with Gasteiger partial charge in [-0.15, -0.1) is 0 Å². The molecule has 2 aliphatic heterocycles. The van der Waals surface area contributed by atoms with E-state index in [-0.39, 0.29) is 6.04 Å². The Morgan fingerprint density at radius 1 is 1.03 bits per heavy atom. The van der Waals surface area contributed by atoms with Gasteiger partial charge in [0.2, 0.25) is 10.0 Å². The number of rotatable bonds is 5. The maximum absolute atomic E-state index is 12.4. The first-order chi connectivity index (χ1) is 17.3. The fraction of sp³-hybridized carbons (Fsp3) is 0.407. The molecule has 0 aliphatic carbocycles. The van der Waals surface area contributed by atoms with Gasteiger partial charge >= 0.3 is 6.01 Å². The number of ether oxygens (including phenoxy) is 1. The molecule has 3 heterocycles. The quantitative estimate of drug-likeness (QED) is 0.523. The van der Waals surface area contributed by atoms with Crippen LogP contribution in [0.5, 0.6) is 6.01 Å². The molecule has 2 aromatic carbocycles. The number of fused-ring (bicyclic) bond motifs is 2. The van der Waals surface area contributed by atoms with Crippen LogP contribution in [-0.4, -0.2) is 68.6 Å². The molecular formula is C27H33N5O3S. The molecule has 5 rings (SSSR count). The second-order valence-electron chi connectivity index (χ2n) is 9.51. The molecule has 0 unspecified atom stereocenters. The van der Waals surface area contributed by atoms with Gasteiger partial charge < -0.3 is 14.5 Å². The summed E-state index contributed by atoms with van der Waals surface area (Å²) in [6, 6.07) is 13.1. The van der Waals surface area contributed by atoms with Gasteiger partial charge in [-0.25, -0.2) is 8.42 Å². The molecule has 0 radical (unpaired) electrons. The molecule has 1 fully saturated rings. The van der Waals surface area contributed by atoms with E-state index < -0.39 is 10.0 Å². The van der Waals surface area contributed by atoms with Gasteiger partial charge in [0.1, 0.15) is 5.82 Å². The Balaban J connectivity index is 1.46. The number of benzene rings is 2. The number of piperazine rings is 1. The number of nitrogens with zero attached hydrogens (tertiary/aromatic N) is 5. The highest BCUT2D eigenvalue weighted by atomic mass is 32.2. The molecule has 8 nitrogen and oxygen atoms in total. The van der Waals surface area contributed by atoms with E-state index in [1.54, 1.807) is 7.11 Å². The van der Waals surface area contributed by atoms with E-state index in [1.165, 1.54) is 26.3 Å². The number of hydrogen-bond acceptors (Lipinski definition) is 7. The first-order valence-corrected chi connectivity index (χ1v) is 13.9. The number of sulfonamides is 1. The van der Waals surface area contributed by atoms with Gasteiger partial charge in [-0.3, -0.25) is 0 Å². The lowest BCUT2D eigenvalue weighted by Crippen LogP contribution is -2.54. The van der Waals surface area contributed by atoms with Crippen LogP contribution in [-0.2, 0) is 22.9 Å². The minimum atomic E-state index is -3.47. The van der Waals surface area contributed by atoms with Crippen molar-refractivity contribution in [3.63, 3.8) is 0 Å². The van der Waals surface area contributed by atoms with Crippen molar-refractivity contribution in [2.45, 2.75) is 32.7 Å². The molecule has 9 heteroatoms.